The van der Waals surface area contributed by atoms with Crippen molar-refractivity contribution >= 4 is 27.8 Å². The van der Waals surface area contributed by atoms with E-state index >= 15 is 0 Å². The number of nitrogens with zero attached hydrogens (tertiary/aromatic N) is 2. The van der Waals surface area contributed by atoms with E-state index in [1.165, 1.54) is 12.1 Å². The molecule has 0 aliphatic carbocycles. The number of nitrogens with one attached hydrogen (secondary N) is 2. The molecule has 0 radical (unpaired) electrons. The van der Waals surface area contributed by atoms with Crippen LogP contribution >= 0.6 is 0 Å². The molecule has 2 atom stereocenters. The summed E-state index contributed by atoms with van der Waals surface area (Å²) in [5.74, 6) is 0.346. The molecule has 1 saturated heterocycles. The number of nitrogens with two attached hydrogens (primary N) is 1. The van der Waals surface area contributed by atoms with Gasteiger partial charge in [-0.15, -0.1) is 0 Å². The van der Waals surface area contributed by atoms with Gasteiger partial charge in [0, 0.05) is 36.1 Å². The van der Waals surface area contributed by atoms with E-state index in [0.29, 0.717) is 24.7 Å². The zero-order chi connectivity index (χ0) is 21.0. The van der Waals surface area contributed by atoms with Crippen molar-refractivity contribution in [3.63, 3.8) is 0 Å². The van der Waals surface area contributed by atoms with Crippen molar-refractivity contribution in [2.24, 2.45) is 5.14 Å². The van der Waals surface area contributed by atoms with Crippen LogP contribution in [-0.4, -0.2) is 43.2 Å². The number of benzene rings is 1. The van der Waals surface area contributed by atoms with Crippen LogP contribution < -0.4 is 15.8 Å². The van der Waals surface area contributed by atoms with Crippen LogP contribution in [0.5, 0.6) is 0 Å². The number of alkyl carbamates (subject to hydrolysis) is 1. The topological polar surface area (TPSA) is 146 Å². The predicted molar refractivity (Wildman–Crippen MR) is 105 cm³/mol. The molecule has 1 aromatic heterocycles. The molecule has 156 valence electrons. The molecule has 1 fully saturated rings. The van der Waals surface area contributed by atoms with E-state index in [9.17, 15) is 13.2 Å². The molecule has 4 N–H and O–H groups in total. The summed E-state index contributed by atoms with van der Waals surface area (Å²) in [6.07, 6.45) is 2.75. The van der Waals surface area contributed by atoms with Gasteiger partial charge in [0.15, 0.2) is 0 Å². The lowest BCUT2D eigenvalue weighted by atomic mass is 10.1. The molecule has 1 amide bonds. The van der Waals surface area contributed by atoms with E-state index in [2.05, 4.69) is 20.6 Å². The molecule has 0 unspecified atom stereocenters. The van der Waals surface area contributed by atoms with Crippen molar-refractivity contribution in [2.75, 3.05) is 11.9 Å². The Labute approximate surface area is 168 Å². The Morgan fingerprint density at radius 1 is 1.24 bits per heavy atom. The molecule has 2 heterocycles. The smallest absolute Gasteiger partial charge is 0.407 e. The SMILES string of the molecule is CC(C)NC(=O)O[C@H]1CO[C@@H](c2cnc(Nc3ccc(S(N)(=O)=O)cc3)nc2)C1. The van der Waals surface area contributed by atoms with Crippen LogP contribution in [0.15, 0.2) is 41.6 Å². The summed E-state index contributed by atoms with van der Waals surface area (Å²) in [6, 6.07) is 5.94. The normalized spacial score (nSPS) is 19.2. The number of hydrogen-bond donors (Lipinski definition) is 3. The summed E-state index contributed by atoms with van der Waals surface area (Å²) in [5, 5.41) is 10.7. The Morgan fingerprint density at radius 3 is 2.48 bits per heavy atom. The molecule has 0 saturated carbocycles. The summed E-state index contributed by atoms with van der Waals surface area (Å²) in [7, 11) is -3.73. The first-order valence-electron chi connectivity index (χ1n) is 9.01. The van der Waals surface area contributed by atoms with Gasteiger partial charge >= 0.3 is 6.09 Å². The summed E-state index contributed by atoms with van der Waals surface area (Å²) < 4.78 is 33.6. The minimum Gasteiger partial charge on any atom is -0.444 e. The lowest BCUT2D eigenvalue weighted by Crippen LogP contribution is -2.33. The summed E-state index contributed by atoms with van der Waals surface area (Å²) in [6.45, 7) is 4.03. The number of rotatable bonds is 6. The van der Waals surface area contributed by atoms with Crippen LogP contribution in [0.25, 0.3) is 0 Å². The van der Waals surface area contributed by atoms with Crippen LogP contribution in [0, 0.1) is 0 Å². The molecule has 3 rings (SSSR count). The Kier molecular flexibility index (Phi) is 6.30. The monoisotopic (exact) mass is 421 g/mol. The zero-order valence-electron chi connectivity index (χ0n) is 16.0. The third-order valence-electron chi connectivity index (χ3n) is 4.12. The molecule has 29 heavy (non-hydrogen) atoms. The van der Waals surface area contributed by atoms with Gasteiger partial charge in [-0.3, -0.25) is 0 Å². The minimum atomic E-state index is -3.73. The molecule has 1 aliphatic rings. The van der Waals surface area contributed by atoms with E-state index in [0.717, 1.165) is 5.56 Å². The number of amides is 1. The maximum absolute atomic E-state index is 11.7. The average Bonchev–Trinajstić information content (AvgIpc) is 3.09. The lowest BCUT2D eigenvalue weighted by molar-refractivity contribution is 0.0690. The van der Waals surface area contributed by atoms with Gasteiger partial charge in [-0.2, -0.15) is 0 Å². The predicted octanol–water partition coefficient (Wildman–Crippen LogP) is 1.83. The number of primary sulfonamides is 1. The van der Waals surface area contributed by atoms with E-state index < -0.39 is 16.1 Å². The largest absolute Gasteiger partial charge is 0.444 e. The maximum Gasteiger partial charge on any atom is 0.407 e. The fraction of sp³-hybridized carbons (Fsp3) is 0.389. The number of ether oxygens (including phenoxy) is 2. The molecule has 11 heteroatoms. The van der Waals surface area contributed by atoms with Crippen LogP contribution in [0.1, 0.15) is 31.9 Å². The Bertz CT molecular complexity index is 948. The third kappa shape index (κ3) is 5.86. The molecule has 0 spiro atoms. The first kappa shape index (κ1) is 21.0. The highest BCUT2D eigenvalue weighted by molar-refractivity contribution is 7.89. The first-order valence-corrected chi connectivity index (χ1v) is 10.6. The second kappa shape index (κ2) is 8.72. The van der Waals surface area contributed by atoms with E-state index in [-0.39, 0.29) is 23.1 Å². The van der Waals surface area contributed by atoms with Crippen molar-refractivity contribution < 1.29 is 22.7 Å². The van der Waals surface area contributed by atoms with Gasteiger partial charge in [-0.25, -0.2) is 28.3 Å². The highest BCUT2D eigenvalue weighted by Crippen LogP contribution is 2.30. The number of anilines is 2. The van der Waals surface area contributed by atoms with Crippen LogP contribution in [0.3, 0.4) is 0 Å². The molecule has 2 aromatic rings. The fourth-order valence-corrected chi connectivity index (χ4v) is 3.28. The van der Waals surface area contributed by atoms with Crippen molar-refractivity contribution in [3.8, 4) is 0 Å². The summed E-state index contributed by atoms with van der Waals surface area (Å²) >= 11 is 0. The minimum absolute atomic E-state index is 0.00461. The van der Waals surface area contributed by atoms with Gasteiger partial charge in [0.25, 0.3) is 0 Å². The van der Waals surface area contributed by atoms with Gasteiger partial charge in [0.1, 0.15) is 6.10 Å². The second-order valence-electron chi connectivity index (χ2n) is 6.92. The Morgan fingerprint density at radius 2 is 1.90 bits per heavy atom. The number of carbonyl (C=O) groups excluding carboxylic acids is 1. The molecule has 10 nitrogen and oxygen atoms in total. The van der Waals surface area contributed by atoms with Gasteiger partial charge in [-0.05, 0) is 38.1 Å². The van der Waals surface area contributed by atoms with Crippen molar-refractivity contribution in [1.29, 1.82) is 0 Å². The number of sulfonamides is 1. The quantitative estimate of drug-likeness (QED) is 0.640. The number of hydrogen-bond acceptors (Lipinski definition) is 8. The molecule has 1 aliphatic heterocycles. The fourth-order valence-electron chi connectivity index (χ4n) is 2.76. The van der Waals surface area contributed by atoms with Crippen molar-refractivity contribution in [3.05, 3.63) is 42.2 Å². The van der Waals surface area contributed by atoms with Crippen LogP contribution in [-0.2, 0) is 19.5 Å². The van der Waals surface area contributed by atoms with E-state index in [1.807, 2.05) is 13.8 Å². The maximum atomic E-state index is 11.7. The van der Waals surface area contributed by atoms with Gasteiger partial charge in [0.2, 0.25) is 16.0 Å². The van der Waals surface area contributed by atoms with Gasteiger partial charge < -0.3 is 20.1 Å². The van der Waals surface area contributed by atoms with Gasteiger partial charge in [-0.1, -0.05) is 0 Å². The molecule has 0 bridgehead atoms. The Hall–Kier alpha value is -2.76. The van der Waals surface area contributed by atoms with Crippen LogP contribution in [0.4, 0.5) is 16.4 Å². The van der Waals surface area contributed by atoms with Gasteiger partial charge in [0.05, 0.1) is 17.6 Å². The van der Waals surface area contributed by atoms with Crippen molar-refractivity contribution in [1.82, 2.24) is 15.3 Å². The summed E-state index contributed by atoms with van der Waals surface area (Å²) in [4.78, 5) is 20.2. The Balaban J connectivity index is 1.56. The number of aromatic nitrogens is 2. The third-order valence-corrected chi connectivity index (χ3v) is 5.05. The van der Waals surface area contributed by atoms with E-state index in [4.69, 9.17) is 14.6 Å². The molecular weight excluding hydrogens is 398 g/mol. The van der Waals surface area contributed by atoms with Crippen LogP contribution in [0.2, 0.25) is 0 Å². The highest BCUT2D eigenvalue weighted by Gasteiger charge is 2.30. The summed E-state index contributed by atoms with van der Waals surface area (Å²) in [5.41, 5.74) is 1.39. The molecule has 1 aromatic carbocycles. The second-order valence-corrected chi connectivity index (χ2v) is 8.48. The van der Waals surface area contributed by atoms with E-state index in [1.54, 1.807) is 24.5 Å². The first-order chi connectivity index (χ1) is 13.7. The lowest BCUT2D eigenvalue weighted by Gasteiger charge is -2.13. The standard InChI is InChI=1S/C18H23N5O5S/c1-11(2)22-18(24)28-14-7-16(27-10-14)12-8-20-17(21-9-12)23-13-3-5-15(6-4-13)29(19,25)26/h3-6,8-9,11,14,16H,7,10H2,1-2H3,(H,22,24)(H2,19,25,26)(H,20,21,23)/t14-,16-/m1/s1. The number of carbonyl (C=O) groups is 1. The zero-order valence-corrected chi connectivity index (χ0v) is 16.8. The highest BCUT2D eigenvalue weighted by atomic mass is 32.2. The molecular formula is C18H23N5O5S. The average molecular weight is 421 g/mol. The van der Waals surface area contributed by atoms with Crippen molar-refractivity contribution in [2.45, 2.75) is 43.4 Å².